The number of hydrogen-bond acceptors (Lipinski definition) is 3. The van der Waals surface area contributed by atoms with Gasteiger partial charge in [0.25, 0.3) is 0 Å². The van der Waals surface area contributed by atoms with E-state index in [1.165, 1.54) is 0 Å². The molecule has 4 nitrogen and oxygen atoms in total. The molecule has 0 aliphatic heterocycles. The van der Waals surface area contributed by atoms with Crippen LogP contribution in [0.4, 0.5) is 23.4 Å². The number of halogens is 4. The fraction of sp³-hybridized carbons (Fsp3) is 0.0909. The first-order chi connectivity index (χ1) is 8.90. The van der Waals surface area contributed by atoms with Crippen LogP contribution in [-0.4, -0.2) is 9.78 Å². The first-order valence-electron chi connectivity index (χ1n) is 4.96. The molecule has 19 heavy (non-hydrogen) atoms. The summed E-state index contributed by atoms with van der Waals surface area (Å²) in [4.78, 5) is 0. The second-order valence-electron chi connectivity index (χ2n) is 3.70. The first-order valence-corrected chi connectivity index (χ1v) is 4.96. The number of aromatic nitrogens is 2. The molecule has 0 unspecified atom stereocenters. The lowest BCUT2D eigenvalue weighted by Crippen LogP contribution is -2.12. The minimum Gasteiger partial charge on any atom is -0.382 e. The maximum absolute atomic E-state index is 13.7. The van der Waals surface area contributed by atoms with E-state index in [1.807, 2.05) is 0 Å². The van der Waals surface area contributed by atoms with Crippen molar-refractivity contribution in [1.82, 2.24) is 9.78 Å². The Morgan fingerprint density at radius 2 is 1.68 bits per heavy atom. The van der Waals surface area contributed by atoms with E-state index in [0.29, 0.717) is 4.68 Å². The Kier molecular flexibility index (Phi) is 2.90. The molecular weight excluding hydrogens is 264 g/mol. The highest BCUT2D eigenvalue weighted by Crippen LogP contribution is 2.28. The van der Waals surface area contributed by atoms with E-state index in [9.17, 15) is 17.6 Å². The van der Waals surface area contributed by atoms with Gasteiger partial charge in [0.15, 0.2) is 23.3 Å². The van der Waals surface area contributed by atoms with Crippen LogP contribution in [0, 0.1) is 41.5 Å². The van der Waals surface area contributed by atoms with E-state index in [-0.39, 0.29) is 5.56 Å². The van der Waals surface area contributed by atoms with E-state index >= 15 is 0 Å². The highest BCUT2D eigenvalue weighted by molar-refractivity contribution is 5.54. The van der Waals surface area contributed by atoms with Crippen LogP contribution in [0.5, 0.6) is 0 Å². The van der Waals surface area contributed by atoms with E-state index in [0.717, 1.165) is 13.1 Å². The van der Waals surface area contributed by atoms with Crippen LogP contribution < -0.4 is 5.73 Å². The van der Waals surface area contributed by atoms with Crippen LogP contribution in [-0.2, 0) is 0 Å². The Morgan fingerprint density at radius 3 is 2.11 bits per heavy atom. The minimum atomic E-state index is -1.63. The van der Waals surface area contributed by atoms with Crippen molar-refractivity contribution in [1.29, 1.82) is 5.26 Å². The van der Waals surface area contributed by atoms with Gasteiger partial charge in [0.05, 0.1) is 6.20 Å². The first kappa shape index (κ1) is 12.9. The lowest BCUT2D eigenvalue weighted by Gasteiger charge is -2.10. The molecule has 0 atom stereocenters. The Bertz CT molecular complexity index is 685. The summed E-state index contributed by atoms with van der Waals surface area (Å²) >= 11 is 0. The monoisotopic (exact) mass is 270 g/mol. The zero-order valence-electron chi connectivity index (χ0n) is 9.51. The Hall–Kier alpha value is -2.56. The third kappa shape index (κ3) is 1.71. The van der Waals surface area contributed by atoms with E-state index in [2.05, 4.69) is 5.10 Å². The molecule has 2 aromatic rings. The van der Waals surface area contributed by atoms with Crippen molar-refractivity contribution in [2.24, 2.45) is 0 Å². The molecule has 0 fully saturated rings. The van der Waals surface area contributed by atoms with Crippen molar-refractivity contribution < 1.29 is 17.6 Å². The van der Waals surface area contributed by atoms with Gasteiger partial charge in [-0.15, -0.1) is 0 Å². The largest absolute Gasteiger partial charge is 0.382 e. The van der Waals surface area contributed by atoms with Gasteiger partial charge in [-0.2, -0.15) is 10.4 Å². The van der Waals surface area contributed by atoms with Gasteiger partial charge in [-0.1, -0.05) is 0 Å². The average molecular weight is 270 g/mol. The number of nitrogens with two attached hydrogens (primary N) is 1. The van der Waals surface area contributed by atoms with Gasteiger partial charge in [-0.05, 0) is 6.92 Å². The molecule has 2 rings (SSSR count). The molecule has 0 aliphatic carbocycles. The third-order valence-corrected chi connectivity index (χ3v) is 2.60. The highest BCUT2D eigenvalue weighted by atomic mass is 19.2. The third-order valence-electron chi connectivity index (χ3n) is 2.60. The maximum Gasteiger partial charge on any atom is 0.188 e. The number of nitrogens with zero attached hydrogens (tertiary/aromatic N) is 3. The van der Waals surface area contributed by atoms with Crippen LogP contribution >= 0.6 is 0 Å². The molecule has 1 aromatic carbocycles. The van der Waals surface area contributed by atoms with Gasteiger partial charge >= 0.3 is 0 Å². The standard InChI is InChI=1S/C11H6F4N4/c1-4-6(12)8(14)10(9(15)7(4)13)19-11(17)5(2-16)3-18-19/h3H,17H2,1H3. The van der Waals surface area contributed by atoms with Crippen LogP contribution in [0.1, 0.15) is 11.1 Å². The van der Waals surface area contributed by atoms with Crippen LogP contribution in [0.3, 0.4) is 0 Å². The number of benzene rings is 1. The van der Waals surface area contributed by atoms with Crippen molar-refractivity contribution in [3.63, 3.8) is 0 Å². The number of anilines is 1. The summed E-state index contributed by atoms with van der Waals surface area (Å²) in [6.07, 6.45) is 0.934. The fourth-order valence-electron chi connectivity index (χ4n) is 1.54. The van der Waals surface area contributed by atoms with Crippen molar-refractivity contribution in [3.05, 3.63) is 40.6 Å². The second kappa shape index (κ2) is 4.28. The summed E-state index contributed by atoms with van der Waals surface area (Å²) in [6, 6.07) is 1.62. The Balaban J connectivity index is 2.84. The molecule has 0 spiro atoms. The topological polar surface area (TPSA) is 67.6 Å². The minimum absolute atomic E-state index is 0.166. The normalized spacial score (nSPS) is 10.5. The second-order valence-corrected chi connectivity index (χ2v) is 3.70. The summed E-state index contributed by atoms with van der Waals surface area (Å²) < 4.78 is 54.7. The predicted molar refractivity (Wildman–Crippen MR) is 57.3 cm³/mol. The summed E-state index contributed by atoms with van der Waals surface area (Å²) in [7, 11) is 0. The van der Waals surface area contributed by atoms with Crippen LogP contribution in [0.15, 0.2) is 6.20 Å². The number of hydrogen-bond donors (Lipinski definition) is 1. The Labute approximate surface area is 104 Å². The number of nitrogen functional groups attached to an aromatic ring is 1. The van der Waals surface area contributed by atoms with Gasteiger partial charge in [0.1, 0.15) is 23.1 Å². The number of nitriles is 1. The molecule has 0 saturated carbocycles. The van der Waals surface area contributed by atoms with Crippen molar-refractivity contribution >= 4 is 5.82 Å². The fourth-order valence-corrected chi connectivity index (χ4v) is 1.54. The zero-order valence-corrected chi connectivity index (χ0v) is 9.51. The van der Waals surface area contributed by atoms with Crippen molar-refractivity contribution in [3.8, 4) is 11.8 Å². The zero-order chi connectivity index (χ0) is 14.3. The molecule has 0 aliphatic rings. The molecule has 0 bridgehead atoms. The lowest BCUT2D eigenvalue weighted by atomic mass is 10.1. The average Bonchev–Trinajstić information content (AvgIpc) is 2.76. The quantitative estimate of drug-likeness (QED) is 0.638. The van der Waals surface area contributed by atoms with Crippen LogP contribution in [0.25, 0.3) is 5.69 Å². The molecular formula is C11H6F4N4. The van der Waals surface area contributed by atoms with Gasteiger partial charge in [-0.3, -0.25) is 0 Å². The van der Waals surface area contributed by atoms with Crippen LogP contribution in [0.2, 0.25) is 0 Å². The SMILES string of the molecule is Cc1c(F)c(F)c(-n2ncc(C#N)c2N)c(F)c1F. The van der Waals surface area contributed by atoms with Gasteiger partial charge < -0.3 is 5.73 Å². The summed E-state index contributed by atoms with van der Waals surface area (Å²) in [5.74, 6) is -6.75. The summed E-state index contributed by atoms with van der Waals surface area (Å²) in [6.45, 7) is 0.897. The predicted octanol–water partition coefficient (Wildman–Crippen LogP) is 2.19. The summed E-state index contributed by atoms with van der Waals surface area (Å²) in [5, 5.41) is 12.1. The molecule has 0 saturated heterocycles. The maximum atomic E-state index is 13.7. The molecule has 2 N–H and O–H groups in total. The molecule has 8 heteroatoms. The number of rotatable bonds is 1. The Morgan fingerprint density at radius 1 is 1.16 bits per heavy atom. The molecule has 98 valence electrons. The van der Waals surface area contributed by atoms with Crippen molar-refractivity contribution in [2.75, 3.05) is 5.73 Å². The van der Waals surface area contributed by atoms with Gasteiger partial charge in [-0.25, -0.2) is 22.2 Å². The smallest absolute Gasteiger partial charge is 0.188 e. The van der Waals surface area contributed by atoms with Gasteiger partial charge in [0.2, 0.25) is 0 Å². The molecule has 1 aromatic heterocycles. The summed E-state index contributed by atoms with van der Waals surface area (Å²) in [5.41, 5.74) is 3.37. The molecule has 1 heterocycles. The molecule has 0 amide bonds. The van der Waals surface area contributed by atoms with E-state index in [1.54, 1.807) is 6.07 Å². The lowest BCUT2D eigenvalue weighted by molar-refractivity contribution is 0.436. The van der Waals surface area contributed by atoms with Gasteiger partial charge in [0, 0.05) is 5.56 Å². The van der Waals surface area contributed by atoms with Crippen molar-refractivity contribution in [2.45, 2.75) is 6.92 Å². The highest BCUT2D eigenvalue weighted by Gasteiger charge is 2.26. The molecule has 0 radical (unpaired) electrons. The van der Waals surface area contributed by atoms with E-state index < -0.39 is 40.3 Å². The van der Waals surface area contributed by atoms with E-state index in [4.69, 9.17) is 11.0 Å².